The van der Waals surface area contributed by atoms with Crippen LogP contribution >= 0.6 is 15.9 Å². The molecule has 2 aromatic rings. The number of benzene rings is 1. The number of hydrogen-bond donors (Lipinski definition) is 2. The molecule has 0 aliphatic carbocycles. The number of carbonyl (C=O) groups excluding carboxylic acids is 1. The fraction of sp³-hybridized carbons (Fsp3) is 0.200. The lowest BCUT2D eigenvalue weighted by atomic mass is 10.2. The highest BCUT2D eigenvalue weighted by atomic mass is 79.9. The van der Waals surface area contributed by atoms with Crippen molar-refractivity contribution in [2.24, 2.45) is 5.73 Å². The van der Waals surface area contributed by atoms with Crippen molar-refractivity contribution in [1.29, 1.82) is 0 Å². The Bertz CT molecular complexity index is 629. The van der Waals surface area contributed by atoms with Gasteiger partial charge in [0.1, 0.15) is 10.4 Å². The minimum atomic E-state index is -0.487. The molecular weight excluding hydrogens is 334 g/mol. The number of nitrogens with two attached hydrogens (primary N) is 1. The van der Waals surface area contributed by atoms with Crippen molar-refractivity contribution in [3.8, 4) is 5.75 Å². The molecule has 0 atom stereocenters. The Kier molecular flexibility index (Phi) is 5.16. The maximum atomic E-state index is 10.6. The van der Waals surface area contributed by atoms with Crippen LogP contribution in [0.4, 0.5) is 5.69 Å². The molecule has 0 aliphatic heterocycles. The Labute approximate surface area is 131 Å². The molecule has 110 valence electrons. The highest BCUT2D eigenvalue weighted by Crippen LogP contribution is 2.18. The average Bonchev–Trinajstić information content (AvgIpc) is 2.45. The zero-order valence-electron chi connectivity index (χ0n) is 11.6. The lowest BCUT2D eigenvalue weighted by molar-refractivity contribution is -0.119. The van der Waals surface area contributed by atoms with E-state index in [-0.39, 0.29) is 6.61 Å². The molecule has 1 heterocycles. The predicted molar refractivity (Wildman–Crippen MR) is 85.1 cm³/mol. The van der Waals surface area contributed by atoms with Gasteiger partial charge in [-0.05, 0) is 52.7 Å². The molecule has 0 radical (unpaired) electrons. The molecule has 0 spiro atoms. The standard InChI is InChI=1S/C15H16BrN3O2/c1-10-13(6-7-14(16)19-10)18-8-11-2-4-12(5-3-11)21-9-15(17)20/h2-7,18H,8-9H2,1H3,(H2,17,20). The van der Waals surface area contributed by atoms with E-state index in [4.69, 9.17) is 10.5 Å². The molecule has 1 aromatic heterocycles. The van der Waals surface area contributed by atoms with E-state index < -0.39 is 5.91 Å². The minimum absolute atomic E-state index is 0.110. The molecule has 0 aliphatic rings. The first-order valence-electron chi connectivity index (χ1n) is 6.41. The van der Waals surface area contributed by atoms with E-state index in [1.165, 1.54) is 0 Å². The monoisotopic (exact) mass is 349 g/mol. The topological polar surface area (TPSA) is 77.2 Å². The van der Waals surface area contributed by atoms with Crippen LogP contribution in [0.1, 0.15) is 11.3 Å². The number of primary amides is 1. The number of ether oxygens (including phenoxy) is 1. The van der Waals surface area contributed by atoms with Crippen LogP contribution in [0.5, 0.6) is 5.75 Å². The van der Waals surface area contributed by atoms with E-state index in [0.717, 1.165) is 21.5 Å². The number of nitrogens with one attached hydrogen (secondary N) is 1. The van der Waals surface area contributed by atoms with E-state index in [2.05, 4.69) is 26.2 Å². The van der Waals surface area contributed by atoms with Crippen LogP contribution in [0.25, 0.3) is 0 Å². The molecule has 1 aromatic carbocycles. The van der Waals surface area contributed by atoms with Crippen LogP contribution in [0.2, 0.25) is 0 Å². The van der Waals surface area contributed by atoms with Crippen LogP contribution in [-0.2, 0) is 11.3 Å². The highest BCUT2D eigenvalue weighted by Gasteiger charge is 2.01. The zero-order valence-corrected chi connectivity index (χ0v) is 13.2. The van der Waals surface area contributed by atoms with Gasteiger partial charge in [-0.25, -0.2) is 4.98 Å². The summed E-state index contributed by atoms with van der Waals surface area (Å²) in [7, 11) is 0. The van der Waals surface area contributed by atoms with Crippen molar-refractivity contribution < 1.29 is 9.53 Å². The summed E-state index contributed by atoms with van der Waals surface area (Å²) in [5.74, 6) is 0.137. The summed E-state index contributed by atoms with van der Waals surface area (Å²) in [5, 5.41) is 3.33. The average molecular weight is 350 g/mol. The second-order valence-electron chi connectivity index (χ2n) is 4.52. The van der Waals surface area contributed by atoms with Crippen molar-refractivity contribution in [3.05, 3.63) is 52.3 Å². The van der Waals surface area contributed by atoms with Gasteiger partial charge in [0, 0.05) is 6.54 Å². The number of hydrogen-bond acceptors (Lipinski definition) is 4. The zero-order chi connectivity index (χ0) is 15.2. The smallest absolute Gasteiger partial charge is 0.255 e. The van der Waals surface area contributed by atoms with Gasteiger partial charge >= 0.3 is 0 Å². The van der Waals surface area contributed by atoms with E-state index in [1.54, 1.807) is 0 Å². The Morgan fingerprint density at radius 3 is 2.62 bits per heavy atom. The molecule has 0 saturated heterocycles. The van der Waals surface area contributed by atoms with Crippen molar-refractivity contribution in [1.82, 2.24) is 4.98 Å². The molecule has 1 amide bonds. The van der Waals surface area contributed by atoms with Crippen LogP contribution in [0.3, 0.4) is 0 Å². The Morgan fingerprint density at radius 2 is 2.00 bits per heavy atom. The molecular formula is C15H16BrN3O2. The number of rotatable bonds is 6. The van der Waals surface area contributed by atoms with Gasteiger partial charge in [0.05, 0.1) is 11.4 Å². The first kappa shape index (κ1) is 15.3. The third kappa shape index (κ3) is 4.75. The Morgan fingerprint density at radius 1 is 1.29 bits per heavy atom. The predicted octanol–water partition coefficient (Wildman–Crippen LogP) is 2.63. The minimum Gasteiger partial charge on any atom is -0.484 e. The fourth-order valence-corrected chi connectivity index (χ4v) is 2.17. The normalized spacial score (nSPS) is 10.2. The largest absolute Gasteiger partial charge is 0.484 e. The van der Waals surface area contributed by atoms with Crippen molar-refractivity contribution in [2.45, 2.75) is 13.5 Å². The number of nitrogens with zero attached hydrogens (tertiary/aromatic N) is 1. The quantitative estimate of drug-likeness (QED) is 0.786. The summed E-state index contributed by atoms with van der Waals surface area (Å²) in [6, 6.07) is 11.4. The summed E-state index contributed by atoms with van der Waals surface area (Å²) in [6.07, 6.45) is 0. The number of halogens is 1. The lowest BCUT2D eigenvalue weighted by Gasteiger charge is -2.10. The summed E-state index contributed by atoms with van der Waals surface area (Å²) < 4.78 is 6.03. The van der Waals surface area contributed by atoms with E-state index in [1.807, 2.05) is 43.3 Å². The molecule has 0 bridgehead atoms. The van der Waals surface area contributed by atoms with Gasteiger partial charge in [0.25, 0.3) is 5.91 Å². The van der Waals surface area contributed by atoms with Crippen molar-refractivity contribution in [3.63, 3.8) is 0 Å². The van der Waals surface area contributed by atoms with Gasteiger partial charge in [-0.1, -0.05) is 12.1 Å². The van der Waals surface area contributed by atoms with Gasteiger partial charge in [-0.2, -0.15) is 0 Å². The summed E-state index contributed by atoms with van der Waals surface area (Å²) in [4.78, 5) is 15.0. The number of amides is 1. The molecule has 0 fully saturated rings. The van der Waals surface area contributed by atoms with Crippen LogP contribution < -0.4 is 15.8 Å². The van der Waals surface area contributed by atoms with Crippen LogP contribution in [0, 0.1) is 6.92 Å². The summed E-state index contributed by atoms with van der Waals surface area (Å²) in [6.45, 7) is 2.52. The van der Waals surface area contributed by atoms with Gasteiger partial charge in [-0.15, -0.1) is 0 Å². The Hall–Kier alpha value is -2.08. The molecule has 21 heavy (non-hydrogen) atoms. The molecule has 6 heteroatoms. The van der Waals surface area contributed by atoms with Gasteiger partial charge in [0.15, 0.2) is 6.61 Å². The summed E-state index contributed by atoms with van der Waals surface area (Å²) in [5.41, 5.74) is 8.05. The second-order valence-corrected chi connectivity index (χ2v) is 5.33. The molecule has 2 rings (SSSR count). The molecule has 0 unspecified atom stereocenters. The first-order chi connectivity index (χ1) is 10.0. The molecule has 3 N–H and O–H groups in total. The second kappa shape index (κ2) is 7.08. The summed E-state index contributed by atoms with van der Waals surface area (Å²) >= 11 is 3.34. The molecule has 0 saturated carbocycles. The number of anilines is 1. The highest BCUT2D eigenvalue weighted by molar-refractivity contribution is 9.10. The van der Waals surface area contributed by atoms with Gasteiger partial charge < -0.3 is 15.8 Å². The SMILES string of the molecule is Cc1nc(Br)ccc1NCc1ccc(OCC(N)=O)cc1. The third-order valence-corrected chi connectivity index (χ3v) is 3.28. The van der Waals surface area contributed by atoms with Gasteiger partial charge in [-0.3, -0.25) is 4.79 Å². The van der Waals surface area contributed by atoms with Gasteiger partial charge in [0.2, 0.25) is 0 Å². The fourth-order valence-electron chi connectivity index (χ4n) is 1.77. The number of pyridine rings is 1. The maximum absolute atomic E-state index is 10.6. The van der Waals surface area contributed by atoms with Crippen molar-refractivity contribution >= 4 is 27.5 Å². The van der Waals surface area contributed by atoms with Crippen molar-refractivity contribution in [2.75, 3.05) is 11.9 Å². The maximum Gasteiger partial charge on any atom is 0.255 e. The van der Waals surface area contributed by atoms with Crippen LogP contribution in [-0.4, -0.2) is 17.5 Å². The Balaban J connectivity index is 1.92. The number of carbonyl (C=O) groups is 1. The van der Waals surface area contributed by atoms with E-state index in [0.29, 0.717) is 12.3 Å². The third-order valence-electron chi connectivity index (χ3n) is 2.84. The van der Waals surface area contributed by atoms with Crippen LogP contribution in [0.15, 0.2) is 41.0 Å². The number of aryl methyl sites for hydroxylation is 1. The van der Waals surface area contributed by atoms with E-state index >= 15 is 0 Å². The van der Waals surface area contributed by atoms with E-state index in [9.17, 15) is 4.79 Å². The lowest BCUT2D eigenvalue weighted by Crippen LogP contribution is -2.19. The first-order valence-corrected chi connectivity index (χ1v) is 7.21. The number of aromatic nitrogens is 1. The molecule has 5 nitrogen and oxygen atoms in total.